The second-order valence-electron chi connectivity index (χ2n) is 9.41. The normalized spacial score (nSPS) is 58.7. The van der Waals surface area contributed by atoms with Crippen LogP contribution >= 0.6 is 0 Å². The monoisotopic (exact) mass is 344 g/mol. The minimum absolute atomic E-state index is 0.0235. The van der Waals surface area contributed by atoms with Gasteiger partial charge in [0.2, 0.25) is 0 Å². The summed E-state index contributed by atoms with van der Waals surface area (Å²) < 4.78 is 6.54. The van der Waals surface area contributed by atoms with Crippen molar-refractivity contribution in [2.75, 3.05) is 0 Å². The second kappa shape index (κ2) is 4.67. The molecule has 0 amide bonds. The van der Waals surface area contributed by atoms with Crippen molar-refractivity contribution in [1.82, 2.24) is 0 Å². The zero-order chi connectivity index (χ0) is 17.0. The topological polar surface area (TPSA) is 83.8 Å². The molecule has 5 heteroatoms. The largest absolute Gasteiger partial charge is 0.481 e. The van der Waals surface area contributed by atoms with E-state index < -0.39 is 11.9 Å². The molecule has 5 fully saturated rings. The number of hydrogen-bond donors (Lipinski definition) is 2. The molecule has 3 saturated carbocycles. The number of ether oxygens (including phenoxy) is 1. The predicted molar refractivity (Wildman–Crippen MR) is 86.4 cm³/mol. The van der Waals surface area contributed by atoms with Crippen molar-refractivity contribution in [1.29, 1.82) is 0 Å². The predicted octanol–water partition coefficient (Wildman–Crippen LogP) is 2.27. The van der Waals surface area contributed by atoms with Crippen LogP contribution in [0.4, 0.5) is 0 Å². The van der Waals surface area contributed by atoms with Crippen molar-refractivity contribution >= 4 is 11.9 Å². The summed E-state index contributed by atoms with van der Waals surface area (Å²) >= 11 is 0. The van der Waals surface area contributed by atoms with E-state index in [9.17, 15) is 19.8 Å². The number of rotatable bonds is 4. The number of carbonyl (C=O) groups is 2. The smallest absolute Gasteiger partial charge is 0.303 e. The Morgan fingerprint density at radius 3 is 1.72 bits per heavy atom. The minimum Gasteiger partial charge on any atom is -0.481 e. The van der Waals surface area contributed by atoms with Crippen LogP contribution in [0.1, 0.15) is 25.7 Å². The van der Waals surface area contributed by atoms with Gasteiger partial charge in [0.1, 0.15) is 0 Å². The van der Waals surface area contributed by atoms with Gasteiger partial charge in [0.25, 0.3) is 0 Å². The first kappa shape index (κ1) is 14.8. The molecule has 0 spiro atoms. The van der Waals surface area contributed by atoms with E-state index in [2.05, 4.69) is 12.2 Å². The summed E-state index contributed by atoms with van der Waals surface area (Å²) in [6, 6.07) is 0. The molecule has 2 heterocycles. The second-order valence-corrected chi connectivity index (χ2v) is 9.41. The third-order valence-electron chi connectivity index (χ3n) is 8.86. The van der Waals surface area contributed by atoms with Gasteiger partial charge < -0.3 is 14.9 Å². The van der Waals surface area contributed by atoms with Crippen LogP contribution in [-0.4, -0.2) is 34.4 Å². The maximum Gasteiger partial charge on any atom is 0.303 e. The van der Waals surface area contributed by atoms with E-state index in [1.54, 1.807) is 0 Å². The van der Waals surface area contributed by atoms with E-state index >= 15 is 0 Å². The number of fused-ring (bicyclic) bond motifs is 16. The van der Waals surface area contributed by atoms with E-state index in [-0.39, 0.29) is 24.7 Å². The number of aliphatic carboxylic acids is 2. The van der Waals surface area contributed by atoms with Gasteiger partial charge in [-0.25, -0.2) is 0 Å². The Kier molecular flexibility index (Phi) is 2.76. The molecular weight excluding hydrogens is 320 g/mol. The SMILES string of the molecule is O=C(O)CC1C(CC(=O)O)C2CC1C1C3OC(C4C5C=CC(C5)C34)C21. The maximum atomic E-state index is 11.4. The fourth-order valence-electron chi connectivity index (χ4n) is 8.57. The Morgan fingerprint density at radius 1 is 0.800 bits per heavy atom. The van der Waals surface area contributed by atoms with Crippen molar-refractivity contribution in [3.05, 3.63) is 12.2 Å². The lowest BCUT2D eigenvalue weighted by Gasteiger charge is -2.45. The van der Waals surface area contributed by atoms with Crippen LogP contribution in [0, 0.1) is 59.2 Å². The van der Waals surface area contributed by atoms with Crippen molar-refractivity contribution in [2.24, 2.45) is 59.2 Å². The van der Waals surface area contributed by atoms with Gasteiger partial charge in [-0.3, -0.25) is 9.59 Å². The molecule has 0 aromatic carbocycles. The molecule has 25 heavy (non-hydrogen) atoms. The Morgan fingerprint density at radius 2 is 1.28 bits per heavy atom. The highest BCUT2D eigenvalue weighted by Gasteiger charge is 2.74. The highest BCUT2D eigenvalue weighted by molar-refractivity contribution is 5.69. The zero-order valence-corrected chi connectivity index (χ0v) is 14.0. The highest BCUT2D eigenvalue weighted by Crippen LogP contribution is 2.73. The van der Waals surface area contributed by atoms with Crippen molar-refractivity contribution < 1.29 is 24.5 Å². The summed E-state index contributed by atoms with van der Waals surface area (Å²) in [4.78, 5) is 22.8. The first-order chi connectivity index (χ1) is 12.0. The van der Waals surface area contributed by atoms with Gasteiger partial charge in [0.05, 0.1) is 12.2 Å². The number of carboxylic acid groups (broad SMARTS) is 2. The number of carboxylic acids is 2. The Hall–Kier alpha value is -1.36. The van der Waals surface area contributed by atoms with Crippen LogP contribution in [-0.2, 0) is 14.3 Å². The van der Waals surface area contributed by atoms with E-state index in [4.69, 9.17) is 4.74 Å². The Bertz CT molecular complexity index is 632. The number of hydrogen-bond acceptors (Lipinski definition) is 3. The van der Waals surface area contributed by atoms with Crippen LogP contribution in [0.15, 0.2) is 12.2 Å². The average molecular weight is 344 g/mol. The fourth-order valence-corrected chi connectivity index (χ4v) is 8.57. The third kappa shape index (κ3) is 1.69. The Labute approximate surface area is 146 Å². The summed E-state index contributed by atoms with van der Waals surface area (Å²) in [7, 11) is 0. The molecule has 12 atom stereocenters. The quantitative estimate of drug-likeness (QED) is 0.765. The van der Waals surface area contributed by atoms with Gasteiger partial charge in [0, 0.05) is 12.8 Å². The molecule has 6 rings (SSSR count). The first-order valence-electron chi connectivity index (χ1n) is 9.82. The molecule has 4 aliphatic carbocycles. The average Bonchev–Trinajstić information content (AvgIpc) is 3.33. The molecule has 0 aromatic rings. The van der Waals surface area contributed by atoms with Crippen LogP contribution in [0.25, 0.3) is 0 Å². The van der Waals surface area contributed by atoms with Gasteiger partial charge in [-0.15, -0.1) is 0 Å². The van der Waals surface area contributed by atoms with Gasteiger partial charge >= 0.3 is 11.9 Å². The molecular formula is C20H24O5. The molecule has 12 unspecified atom stereocenters. The highest BCUT2D eigenvalue weighted by atomic mass is 16.5. The molecule has 6 bridgehead atoms. The molecule has 2 N–H and O–H groups in total. The van der Waals surface area contributed by atoms with E-state index in [1.807, 2.05) is 0 Å². The molecule has 134 valence electrons. The van der Waals surface area contributed by atoms with E-state index in [0.29, 0.717) is 59.6 Å². The lowest BCUT2D eigenvalue weighted by atomic mass is 9.56. The maximum absolute atomic E-state index is 11.4. The van der Waals surface area contributed by atoms with Crippen molar-refractivity contribution in [3.8, 4) is 0 Å². The van der Waals surface area contributed by atoms with Crippen LogP contribution in [0.5, 0.6) is 0 Å². The van der Waals surface area contributed by atoms with Gasteiger partial charge in [0.15, 0.2) is 0 Å². The van der Waals surface area contributed by atoms with E-state index in [1.165, 1.54) is 6.42 Å². The van der Waals surface area contributed by atoms with Crippen molar-refractivity contribution in [2.45, 2.75) is 37.9 Å². The molecule has 0 aromatic heterocycles. The summed E-state index contributed by atoms with van der Waals surface area (Å²) in [6.45, 7) is 0. The fraction of sp³-hybridized carbons (Fsp3) is 0.800. The van der Waals surface area contributed by atoms with Gasteiger partial charge in [-0.1, -0.05) is 12.2 Å². The zero-order valence-electron chi connectivity index (χ0n) is 14.0. The summed E-state index contributed by atoms with van der Waals surface area (Å²) in [6.07, 6.45) is 7.94. The van der Waals surface area contributed by atoms with Gasteiger partial charge in [-0.2, -0.15) is 0 Å². The summed E-state index contributed by atoms with van der Waals surface area (Å²) in [5.41, 5.74) is 0. The third-order valence-corrected chi connectivity index (χ3v) is 8.86. The molecule has 2 aliphatic heterocycles. The minimum atomic E-state index is -0.783. The lowest BCUT2D eigenvalue weighted by Crippen LogP contribution is -2.48. The van der Waals surface area contributed by atoms with Crippen LogP contribution in [0.3, 0.4) is 0 Å². The number of allylic oxidation sites excluding steroid dienone is 2. The Balaban J connectivity index is 1.35. The standard InChI is InChI=1S/C20H24O5/c21-13(22)5-9-10(6-14(23)24)12-4-11(9)17-18(12)20-16-8-2-1-7(3-8)15(16)19(17)25-20/h1-2,7-12,15-20H,3-6H2,(H,21,22)(H,23,24). The van der Waals surface area contributed by atoms with Crippen LogP contribution in [0.2, 0.25) is 0 Å². The molecule has 2 saturated heterocycles. The summed E-state index contributed by atoms with van der Waals surface area (Å²) in [5.74, 6) is 2.78. The summed E-state index contributed by atoms with van der Waals surface area (Å²) in [5, 5.41) is 18.7. The van der Waals surface area contributed by atoms with Crippen molar-refractivity contribution in [3.63, 3.8) is 0 Å². The van der Waals surface area contributed by atoms with Gasteiger partial charge in [-0.05, 0) is 72.0 Å². The van der Waals surface area contributed by atoms with Crippen LogP contribution < -0.4 is 0 Å². The molecule has 6 aliphatic rings. The molecule has 5 nitrogen and oxygen atoms in total. The first-order valence-corrected chi connectivity index (χ1v) is 9.82. The molecule has 0 radical (unpaired) electrons. The van der Waals surface area contributed by atoms with E-state index in [0.717, 1.165) is 6.42 Å². The lowest BCUT2D eigenvalue weighted by molar-refractivity contribution is -0.143.